The first-order chi connectivity index (χ1) is 9.48. The number of benzene rings is 1. The van der Waals surface area contributed by atoms with Gasteiger partial charge in [-0.1, -0.05) is 37.3 Å². The van der Waals surface area contributed by atoms with E-state index in [0.29, 0.717) is 0 Å². The molecule has 2 aromatic rings. The third-order valence-corrected chi connectivity index (χ3v) is 4.78. The first-order valence-electron chi connectivity index (χ1n) is 6.49. The maximum atomic E-state index is 12.1. The molecule has 0 aliphatic carbocycles. The van der Waals surface area contributed by atoms with Gasteiger partial charge in [-0.2, -0.15) is 5.10 Å². The van der Waals surface area contributed by atoms with Gasteiger partial charge >= 0.3 is 0 Å². The van der Waals surface area contributed by atoms with E-state index in [4.69, 9.17) is 0 Å². The highest BCUT2D eigenvalue weighted by molar-refractivity contribution is 7.89. The van der Waals surface area contributed by atoms with Gasteiger partial charge in [-0.05, 0) is 18.4 Å². The third kappa shape index (κ3) is 3.91. The van der Waals surface area contributed by atoms with Crippen LogP contribution in [0.5, 0.6) is 0 Å². The molecule has 108 valence electrons. The quantitative estimate of drug-likeness (QED) is 0.854. The molecule has 1 aromatic heterocycles. The Morgan fingerprint density at radius 2 is 2.00 bits per heavy atom. The van der Waals surface area contributed by atoms with Crippen molar-refractivity contribution in [1.29, 1.82) is 0 Å². The highest BCUT2D eigenvalue weighted by atomic mass is 32.2. The van der Waals surface area contributed by atoms with Gasteiger partial charge in [0.2, 0.25) is 10.0 Å². The van der Waals surface area contributed by atoms with Gasteiger partial charge < -0.3 is 0 Å². The fraction of sp³-hybridized carbons (Fsp3) is 0.357. The Balaban J connectivity index is 1.96. The number of hydrogen-bond acceptors (Lipinski definition) is 3. The zero-order valence-corrected chi connectivity index (χ0v) is 12.4. The van der Waals surface area contributed by atoms with Crippen LogP contribution in [-0.2, 0) is 16.6 Å². The number of nitrogens with zero attached hydrogens (tertiary/aromatic N) is 1. The van der Waals surface area contributed by atoms with Crippen LogP contribution in [0, 0.1) is 6.92 Å². The molecule has 0 radical (unpaired) electrons. The van der Waals surface area contributed by atoms with Gasteiger partial charge in [-0.25, -0.2) is 13.1 Å². The Bertz CT molecular complexity index is 650. The first-order valence-corrected chi connectivity index (χ1v) is 8.14. The lowest BCUT2D eigenvalue weighted by Crippen LogP contribution is -2.28. The van der Waals surface area contributed by atoms with Crippen LogP contribution in [0.4, 0.5) is 0 Å². The Morgan fingerprint density at radius 1 is 1.30 bits per heavy atom. The van der Waals surface area contributed by atoms with Gasteiger partial charge in [0.15, 0.2) is 0 Å². The number of hydrogen-bond donors (Lipinski definition) is 2. The average molecular weight is 293 g/mol. The van der Waals surface area contributed by atoms with Crippen LogP contribution in [0.1, 0.15) is 29.7 Å². The fourth-order valence-electron chi connectivity index (χ4n) is 2.01. The number of sulfonamides is 1. The van der Waals surface area contributed by atoms with Crippen molar-refractivity contribution in [2.75, 3.05) is 5.75 Å². The SMILES string of the molecule is Cc1[nH]ncc1CNS(=O)(=O)CC(C)c1ccccc1. The summed E-state index contributed by atoms with van der Waals surface area (Å²) in [5.74, 6) is 0.0348. The zero-order chi connectivity index (χ0) is 14.6. The van der Waals surface area contributed by atoms with E-state index in [1.54, 1.807) is 6.20 Å². The minimum atomic E-state index is -3.31. The second-order valence-electron chi connectivity index (χ2n) is 4.93. The Hall–Kier alpha value is -1.66. The second kappa shape index (κ2) is 6.19. The molecule has 5 nitrogen and oxygen atoms in total. The minimum Gasteiger partial charge on any atom is -0.283 e. The summed E-state index contributed by atoms with van der Waals surface area (Å²) in [6.07, 6.45) is 1.64. The van der Waals surface area contributed by atoms with Crippen LogP contribution in [-0.4, -0.2) is 24.4 Å². The molecule has 0 aliphatic rings. The van der Waals surface area contributed by atoms with E-state index in [1.165, 1.54) is 0 Å². The predicted octanol–water partition coefficient (Wildman–Crippen LogP) is 1.94. The molecule has 2 rings (SSSR count). The molecule has 0 aliphatic heterocycles. The summed E-state index contributed by atoms with van der Waals surface area (Å²) in [6, 6.07) is 9.65. The summed E-state index contributed by atoms with van der Waals surface area (Å²) in [5, 5.41) is 6.66. The summed E-state index contributed by atoms with van der Waals surface area (Å²) in [4.78, 5) is 0. The van der Waals surface area contributed by atoms with E-state index in [9.17, 15) is 8.42 Å². The van der Waals surface area contributed by atoms with Gasteiger partial charge in [-0.15, -0.1) is 0 Å². The molecule has 0 amide bonds. The molecule has 1 unspecified atom stereocenters. The molecule has 0 bridgehead atoms. The topological polar surface area (TPSA) is 74.8 Å². The summed E-state index contributed by atoms with van der Waals surface area (Å²) < 4.78 is 26.8. The van der Waals surface area contributed by atoms with Gasteiger partial charge in [0.25, 0.3) is 0 Å². The Kier molecular flexibility index (Phi) is 4.57. The van der Waals surface area contributed by atoms with Gasteiger partial charge in [-0.3, -0.25) is 5.10 Å². The van der Waals surface area contributed by atoms with Crippen LogP contribution < -0.4 is 4.72 Å². The van der Waals surface area contributed by atoms with Crippen molar-refractivity contribution in [3.05, 3.63) is 53.3 Å². The molecular weight excluding hydrogens is 274 g/mol. The molecule has 1 aromatic carbocycles. The summed E-state index contributed by atoms with van der Waals surface area (Å²) in [5.41, 5.74) is 2.77. The molecule has 1 atom stereocenters. The van der Waals surface area contributed by atoms with Crippen molar-refractivity contribution < 1.29 is 8.42 Å². The highest BCUT2D eigenvalue weighted by Crippen LogP contribution is 2.16. The van der Waals surface area contributed by atoms with Gasteiger partial charge in [0.05, 0.1) is 11.9 Å². The molecule has 0 fully saturated rings. The lowest BCUT2D eigenvalue weighted by atomic mass is 10.0. The molecule has 1 heterocycles. The van der Waals surface area contributed by atoms with E-state index in [1.807, 2.05) is 44.2 Å². The zero-order valence-electron chi connectivity index (χ0n) is 11.6. The number of aryl methyl sites for hydroxylation is 1. The second-order valence-corrected chi connectivity index (χ2v) is 6.79. The Labute approximate surface area is 119 Å². The first kappa shape index (κ1) is 14.7. The van der Waals surface area contributed by atoms with Crippen LogP contribution in [0.2, 0.25) is 0 Å². The standard InChI is InChI=1S/C14H19N3O2S/c1-11(13-6-4-3-5-7-13)10-20(18,19)16-9-14-8-15-17-12(14)2/h3-8,11,16H,9-10H2,1-2H3,(H,15,17). The fourth-order valence-corrected chi connectivity index (χ4v) is 3.35. The highest BCUT2D eigenvalue weighted by Gasteiger charge is 2.17. The maximum absolute atomic E-state index is 12.1. The molecule has 0 spiro atoms. The third-order valence-electron chi connectivity index (χ3n) is 3.25. The number of rotatable bonds is 6. The summed E-state index contributed by atoms with van der Waals surface area (Å²) in [7, 11) is -3.31. The van der Waals surface area contributed by atoms with Crippen LogP contribution in [0.25, 0.3) is 0 Å². The monoisotopic (exact) mass is 293 g/mol. The lowest BCUT2D eigenvalue weighted by molar-refractivity contribution is 0.575. The van der Waals surface area contributed by atoms with Crippen molar-refractivity contribution in [1.82, 2.24) is 14.9 Å². The van der Waals surface area contributed by atoms with E-state index < -0.39 is 10.0 Å². The number of nitrogens with one attached hydrogen (secondary N) is 2. The minimum absolute atomic E-state index is 0.0425. The number of aromatic amines is 1. The van der Waals surface area contributed by atoms with Crippen LogP contribution in [0.3, 0.4) is 0 Å². The molecule has 0 saturated carbocycles. The van der Waals surface area contributed by atoms with E-state index in [-0.39, 0.29) is 18.2 Å². The van der Waals surface area contributed by atoms with Crippen LogP contribution >= 0.6 is 0 Å². The molecule has 2 N–H and O–H groups in total. The van der Waals surface area contributed by atoms with Gasteiger partial charge in [0, 0.05) is 17.8 Å². The van der Waals surface area contributed by atoms with Crippen molar-refractivity contribution in [3.63, 3.8) is 0 Å². The molecule has 20 heavy (non-hydrogen) atoms. The molecule has 0 saturated heterocycles. The molecular formula is C14H19N3O2S. The maximum Gasteiger partial charge on any atom is 0.212 e. The van der Waals surface area contributed by atoms with Crippen LogP contribution in [0.15, 0.2) is 36.5 Å². The predicted molar refractivity (Wildman–Crippen MR) is 78.8 cm³/mol. The normalized spacial score (nSPS) is 13.3. The van der Waals surface area contributed by atoms with Crippen molar-refractivity contribution in [2.45, 2.75) is 26.3 Å². The Morgan fingerprint density at radius 3 is 2.60 bits per heavy atom. The van der Waals surface area contributed by atoms with Gasteiger partial charge in [0.1, 0.15) is 0 Å². The van der Waals surface area contributed by atoms with E-state index in [0.717, 1.165) is 16.8 Å². The average Bonchev–Trinajstić information content (AvgIpc) is 2.83. The summed E-state index contributed by atoms with van der Waals surface area (Å²) >= 11 is 0. The number of aromatic nitrogens is 2. The smallest absolute Gasteiger partial charge is 0.212 e. The molecule has 6 heteroatoms. The van der Waals surface area contributed by atoms with Crippen molar-refractivity contribution in [3.8, 4) is 0 Å². The van der Waals surface area contributed by atoms with E-state index >= 15 is 0 Å². The van der Waals surface area contributed by atoms with Crippen molar-refractivity contribution >= 4 is 10.0 Å². The van der Waals surface area contributed by atoms with Crippen molar-refractivity contribution in [2.24, 2.45) is 0 Å². The summed E-state index contributed by atoms with van der Waals surface area (Å²) in [6.45, 7) is 4.05. The largest absolute Gasteiger partial charge is 0.283 e. The number of H-pyrrole nitrogens is 1. The lowest BCUT2D eigenvalue weighted by Gasteiger charge is -2.13. The van der Waals surface area contributed by atoms with E-state index in [2.05, 4.69) is 14.9 Å².